The monoisotopic (exact) mass is 295 g/mol. The molecule has 0 bridgehead atoms. The summed E-state index contributed by atoms with van der Waals surface area (Å²) in [7, 11) is 1.49. The molecule has 1 fully saturated rings. The van der Waals surface area contributed by atoms with Crippen LogP contribution >= 0.6 is 0 Å². The summed E-state index contributed by atoms with van der Waals surface area (Å²) in [5, 5.41) is 16.3. The lowest BCUT2D eigenvalue weighted by molar-refractivity contribution is -0.385. The van der Waals surface area contributed by atoms with Gasteiger partial charge in [0.25, 0.3) is 11.6 Å². The molecule has 2 rings (SSSR count). The number of halogens is 1. The highest BCUT2D eigenvalue weighted by Gasteiger charge is 2.24. The van der Waals surface area contributed by atoms with E-state index in [9.17, 15) is 19.3 Å². The zero-order valence-electron chi connectivity index (χ0n) is 11.8. The Morgan fingerprint density at radius 2 is 2.10 bits per heavy atom. The van der Waals surface area contributed by atoms with Crippen molar-refractivity contribution < 1.29 is 14.1 Å². The molecule has 114 valence electrons. The lowest BCUT2D eigenvalue weighted by atomic mass is 10.1. The molecule has 1 amide bonds. The van der Waals surface area contributed by atoms with Crippen LogP contribution in [0.25, 0.3) is 0 Å². The Morgan fingerprint density at radius 1 is 1.43 bits per heavy atom. The van der Waals surface area contributed by atoms with E-state index in [2.05, 4.69) is 10.6 Å². The number of nitro groups is 1. The summed E-state index contributed by atoms with van der Waals surface area (Å²) in [5.41, 5.74) is -0.578. The van der Waals surface area contributed by atoms with Gasteiger partial charge < -0.3 is 10.6 Å². The summed E-state index contributed by atoms with van der Waals surface area (Å²) in [5.74, 6) is -0.862. The van der Waals surface area contributed by atoms with Gasteiger partial charge in [-0.2, -0.15) is 0 Å². The first kappa shape index (κ1) is 15.2. The lowest BCUT2D eigenvalue weighted by Gasteiger charge is -2.12. The fraction of sp³-hybridized carbons (Fsp3) is 0.500. The van der Waals surface area contributed by atoms with Crippen LogP contribution in [0.1, 0.15) is 36.0 Å². The Labute approximate surface area is 121 Å². The fourth-order valence-corrected chi connectivity index (χ4v) is 2.63. The number of hydrogen-bond acceptors (Lipinski definition) is 4. The highest BCUT2D eigenvalue weighted by molar-refractivity contribution is 5.99. The average molecular weight is 295 g/mol. The molecule has 0 radical (unpaired) electrons. The van der Waals surface area contributed by atoms with Crippen LogP contribution in [-0.2, 0) is 0 Å². The molecule has 6 nitrogen and oxygen atoms in total. The maximum atomic E-state index is 13.6. The first-order valence-electron chi connectivity index (χ1n) is 6.96. The molecule has 1 aliphatic rings. The van der Waals surface area contributed by atoms with Gasteiger partial charge in [-0.15, -0.1) is 0 Å². The van der Waals surface area contributed by atoms with Crippen molar-refractivity contribution in [2.75, 3.05) is 18.9 Å². The zero-order chi connectivity index (χ0) is 15.4. The van der Waals surface area contributed by atoms with Crippen molar-refractivity contribution in [3.05, 3.63) is 33.6 Å². The highest BCUT2D eigenvalue weighted by Crippen LogP contribution is 2.27. The molecule has 0 heterocycles. The molecule has 0 aliphatic heterocycles. The van der Waals surface area contributed by atoms with Gasteiger partial charge in [0.05, 0.1) is 16.7 Å². The van der Waals surface area contributed by atoms with Gasteiger partial charge in [0.2, 0.25) is 0 Å². The maximum absolute atomic E-state index is 13.6. The molecule has 1 saturated carbocycles. The molecule has 1 aromatic rings. The number of amides is 1. The summed E-state index contributed by atoms with van der Waals surface area (Å²) >= 11 is 0. The minimum absolute atomic E-state index is 0.0617. The van der Waals surface area contributed by atoms with E-state index in [0.29, 0.717) is 12.5 Å². The molecule has 0 atom stereocenters. The molecule has 21 heavy (non-hydrogen) atoms. The summed E-state index contributed by atoms with van der Waals surface area (Å²) in [6.45, 7) is 0.502. The van der Waals surface area contributed by atoms with Gasteiger partial charge in [-0.1, -0.05) is 12.8 Å². The van der Waals surface area contributed by atoms with E-state index in [4.69, 9.17) is 0 Å². The van der Waals surface area contributed by atoms with E-state index in [1.807, 2.05) is 0 Å². The quantitative estimate of drug-likeness (QED) is 0.646. The molecule has 0 unspecified atom stereocenters. The normalized spacial score (nSPS) is 15.0. The van der Waals surface area contributed by atoms with Crippen LogP contribution in [0, 0.1) is 21.8 Å². The van der Waals surface area contributed by atoms with Gasteiger partial charge in [-0.3, -0.25) is 14.9 Å². The van der Waals surface area contributed by atoms with E-state index < -0.39 is 22.3 Å². The number of benzene rings is 1. The standard InChI is InChI=1S/C14H18FN3O3/c1-16-12-6-10(13(18(20)21)7-11(12)15)14(19)17-8-9-4-2-3-5-9/h6-7,9,16H,2-5,8H2,1H3,(H,17,19). The Bertz CT molecular complexity index is 557. The second-order valence-corrected chi connectivity index (χ2v) is 5.22. The number of hydrogen-bond donors (Lipinski definition) is 2. The average Bonchev–Trinajstić information content (AvgIpc) is 2.97. The van der Waals surface area contributed by atoms with Crippen LogP contribution in [0.3, 0.4) is 0 Å². The van der Waals surface area contributed by atoms with Gasteiger partial charge in [0, 0.05) is 13.6 Å². The molecular formula is C14H18FN3O3. The number of rotatable bonds is 5. The predicted molar refractivity (Wildman–Crippen MR) is 76.9 cm³/mol. The zero-order valence-corrected chi connectivity index (χ0v) is 11.8. The predicted octanol–water partition coefficient (Wildman–Crippen LogP) is 2.70. The minimum Gasteiger partial charge on any atom is -0.386 e. The lowest BCUT2D eigenvalue weighted by Crippen LogP contribution is -2.29. The van der Waals surface area contributed by atoms with Gasteiger partial charge in [-0.05, 0) is 24.8 Å². The third-order valence-electron chi connectivity index (χ3n) is 3.82. The van der Waals surface area contributed by atoms with Crippen molar-refractivity contribution in [2.24, 2.45) is 5.92 Å². The number of nitrogens with zero attached hydrogens (tertiary/aromatic N) is 1. The summed E-state index contributed by atoms with van der Waals surface area (Å²) < 4.78 is 13.6. The van der Waals surface area contributed by atoms with E-state index in [1.165, 1.54) is 13.1 Å². The van der Waals surface area contributed by atoms with Crippen molar-refractivity contribution in [1.29, 1.82) is 0 Å². The Morgan fingerprint density at radius 3 is 2.67 bits per heavy atom. The molecule has 0 saturated heterocycles. The second-order valence-electron chi connectivity index (χ2n) is 5.22. The maximum Gasteiger partial charge on any atom is 0.285 e. The highest BCUT2D eigenvalue weighted by atomic mass is 19.1. The third-order valence-corrected chi connectivity index (χ3v) is 3.82. The van der Waals surface area contributed by atoms with Crippen molar-refractivity contribution in [3.8, 4) is 0 Å². The van der Waals surface area contributed by atoms with Crippen LogP contribution in [0.15, 0.2) is 12.1 Å². The van der Waals surface area contributed by atoms with Crippen molar-refractivity contribution in [1.82, 2.24) is 5.32 Å². The first-order valence-corrected chi connectivity index (χ1v) is 6.96. The Kier molecular flexibility index (Phi) is 4.72. The largest absolute Gasteiger partial charge is 0.386 e. The van der Waals surface area contributed by atoms with E-state index in [0.717, 1.165) is 31.7 Å². The number of nitro benzene ring substituents is 1. The molecule has 7 heteroatoms. The Hall–Kier alpha value is -2.18. The molecule has 0 spiro atoms. The molecular weight excluding hydrogens is 277 g/mol. The second kappa shape index (κ2) is 6.51. The summed E-state index contributed by atoms with van der Waals surface area (Å²) in [6, 6.07) is 1.95. The van der Waals surface area contributed by atoms with Gasteiger partial charge in [-0.25, -0.2) is 4.39 Å². The first-order chi connectivity index (χ1) is 10.0. The van der Waals surface area contributed by atoms with Crippen LogP contribution in [-0.4, -0.2) is 24.4 Å². The number of carbonyl (C=O) groups is 1. The Balaban J connectivity index is 2.19. The summed E-state index contributed by atoms with van der Waals surface area (Å²) in [4.78, 5) is 22.4. The topological polar surface area (TPSA) is 84.3 Å². The molecule has 2 N–H and O–H groups in total. The smallest absolute Gasteiger partial charge is 0.285 e. The van der Waals surface area contributed by atoms with Crippen molar-refractivity contribution in [3.63, 3.8) is 0 Å². The number of anilines is 1. The number of nitrogens with one attached hydrogen (secondary N) is 2. The van der Waals surface area contributed by atoms with Crippen molar-refractivity contribution in [2.45, 2.75) is 25.7 Å². The van der Waals surface area contributed by atoms with E-state index >= 15 is 0 Å². The van der Waals surface area contributed by atoms with Crippen LogP contribution in [0.5, 0.6) is 0 Å². The van der Waals surface area contributed by atoms with Crippen LogP contribution < -0.4 is 10.6 Å². The summed E-state index contributed by atoms with van der Waals surface area (Å²) in [6.07, 6.45) is 4.43. The molecule has 0 aromatic heterocycles. The SMILES string of the molecule is CNc1cc(C(=O)NCC2CCCC2)c([N+](=O)[O-])cc1F. The van der Waals surface area contributed by atoms with Gasteiger partial charge in [0.15, 0.2) is 5.82 Å². The minimum atomic E-state index is -0.753. The van der Waals surface area contributed by atoms with E-state index in [-0.39, 0.29) is 11.3 Å². The third kappa shape index (κ3) is 3.48. The van der Waals surface area contributed by atoms with E-state index in [1.54, 1.807) is 0 Å². The molecule has 1 aromatic carbocycles. The van der Waals surface area contributed by atoms with Gasteiger partial charge >= 0.3 is 0 Å². The fourth-order valence-electron chi connectivity index (χ4n) is 2.63. The molecule has 1 aliphatic carbocycles. The van der Waals surface area contributed by atoms with Crippen LogP contribution in [0.2, 0.25) is 0 Å². The number of carbonyl (C=O) groups excluding carboxylic acids is 1. The van der Waals surface area contributed by atoms with Crippen LogP contribution in [0.4, 0.5) is 15.8 Å². The van der Waals surface area contributed by atoms with Gasteiger partial charge in [0.1, 0.15) is 5.56 Å². The van der Waals surface area contributed by atoms with Crippen molar-refractivity contribution >= 4 is 17.3 Å².